The Balaban J connectivity index is 2.04. The summed E-state index contributed by atoms with van der Waals surface area (Å²) in [4.78, 5) is 0. The van der Waals surface area contributed by atoms with Crippen LogP contribution in [0.1, 0.15) is 0 Å². The molecule has 0 aliphatic rings. The van der Waals surface area contributed by atoms with E-state index in [1.54, 1.807) is 11.3 Å². The molecule has 1 nitrogen and oxygen atoms in total. The number of benzene rings is 2. The quantitative estimate of drug-likeness (QED) is 0.659. The van der Waals surface area contributed by atoms with Crippen molar-refractivity contribution < 1.29 is 0 Å². The van der Waals surface area contributed by atoms with Crippen LogP contribution in [0.2, 0.25) is 5.02 Å². The minimum Gasteiger partial charge on any atom is -0.346 e. The van der Waals surface area contributed by atoms with Crippen LogP contribution in [0.5, 0.6) is 0 Å². The molecule has 3 rings (SSSR count). The van der Waals surface area contributed by atoms with Crippen molar-refractivity contribution in [2.24, 2.45) is 0 Å². The van der Waals surface area contributed by atoms with E-state index >= 15 is 0 Å². The van der Waals surface area contributed by atoms with Gasteiger partial charge in [0.15, 0.2) is 0 Å². The van der Waals surface area contributed by atoms with E-state index in [1.165, 1.54) is 4.70 Å². The highest BCUT2D eigenvalue weighted by Crippen LogP contribution is 2.40. The molecule has 3 aromatic rings. The third kappa shape index (κ3) is 2.02. The summed E-state index contributed by atoms with van der Waals surface area (Å²) in [6.45, 7) is 0. The lowest BCUT2D eigenvalue weighted by Gasteiger charge is -2.03. The van der Waals surface area contributed by atoms with E-state index in [-0.39, 0.29) is 0 Å². The number of para-hydroxylation sites is 1. The Bertz CT molecular complexity index is 646. The summed E-state index contributed by atoms with van der Waals surface area (Å²) < 4.78 is 1.20. The average molecular weight is 260 g/mol. The molecule has 0 spiro atoms. The van der Waals surface area contributed by atoms with E-state index < -0.39 is 0 Å². The zero-order valence-corrected chi connectivity index (χ0v) is 10.6. The topological polar surface area (TPSA) is 12.0 Å². The summed E-state index contributed by atoms with van der Waals surface area (Å²) in [5, 5.41) is 6.26. The van der Waals surface area contributed by atoms with Gasteiger partial charge in [0.05, 0.1) is 5.02 Å². The lowest BCUT2D eigenvalue weighted by Crippen LogP contribution is -1.86. The second-order valence-corrected chi connectivity index (χ2v) is 5.16. The highest BCUT2D eigenvalue weighted by molar-refractivity contribution is 7.23. The lowest BCUT2D eigenvalue weighted by atomic mass is 10.2. The van der Waals surface area contributed by atoms with Crippen LogP contribution in [0, 0.1) is 0 Å². The molecule has 0 radical (unpaired) electrons. The van der Waals surface area contributed by atoms with Crippen LogP contribution in [-0.4, -0.2) is 0 Å². The van der Waals surface area contributed by atoms with Crippen molar-refractivity contribution in [2.45, 2.75) is 0 Å². The highest BCUT2D eigenvalue weighted by atomic mass is 35.5. The van der Waals surface area contributed by atoms with Gasteiger partial charge in [-0.25, -0.2) is 0 Å². The molecule has 3 heteroatoms. The van der Waals surface area contributed by atoms with Gasteiger partial charge in [0.2, 0.25) is 0 Å². The summed E-state index contributed by atoms with van der Waals surface area (Å²) in [5.41, 5.74) is 1.06. The molecule has 0 fully saturated rings. The largest absolute Gasteiger partial charge is 0.346 e. The maximum absolute atomic E-state index is 6.35. The van der Waals surface area contributed by atoms with Gasteiger partial charge in [-0.1, -0.05) is 48.0 Å². The number of hydrogen-bond donors (Lipinski definition) is 1. The number of rotatable bonds is 2. The van der Waals surface area contributed by atoms with Crippen LogP contribution < -0.4 is 5.32 Å². The smallest absolute Gasteiger partial charge is 0.113 e. The predicted octanol–water partition coefficient (Wildman–Crippen LogP) is 5.30. The van der Waals surface area contributed by atoms with Crippen LogP contribution in [0.4, 0.5) is 10.7 Å². The number of thiophene rings is 1. The van der Waals surface area contributed by atoms with Crippen molar-refractivity contribution in [3.63, 3.8) is 0 Å². The SMILES string of the molecule is Clc1c(Nc2ccccc2)sc2ccccc12. The van der Waals surface area contributed by atoms with Gasteiger partial charge in [-0.15, -0.1) is 11.3 Å². The fraction of sp³-hybridized carbons (Fsp3) is 0. The first kappa shape index (κ1) is 10.6. The van der Waals surface area contributed by atoms with E-state index in [4.69, 9.17) is 11.6 Å². The number of fused-ring (bicyclic) bond motifs is 1. The Hall–Kier alpha value is -1.51. The monoisotopic (exact) mass is 259 g/mol. The average Bonchev–Trinajstić information content (AvgIpc) is 2.68. The minimum atomic E-state index is 0.800. The summed E-state index contributed by atoms with van der Waals surface area (Å²) >= 11 is 8.03. The van der Waals surface area contributed by atoms with Crippen molar-refractivity contribution in [2.75, 3.05) is 5.32 Å². The summed E-state index contributed by atoms with van der Waals surface area (Å²) in [7, 11) is 0. The van der Waals surface area contributed by atoms with Gasteiger partial charge in [-0.2, -0.15) is 0 Å². The van der Waals surface area contributed by atoms with Crippen LogP contribution in [0.25, 0.3) is 10.1 Å². The van der Waals surface area contributed by atoms with Crippen LogP contribution in [-0.2, 0) is 0 Å². The van der Waals surface area contributed by atoms with Crippen LogP contribution in [0.15, 0.2) is 54.6 Å². The van der Waals surface area contributed by atoms with E-state index in [0.717, 1.165) is 21.1 Å². The zero-order chi connectivity index (χ0) is 11.7. The molecule has 0 aliphatic carbocycles. The molecule has 0 amide bonds. The second kappa shape index (κ2) is 4.40. The van der Waals surface area contributed by atoms with Gasteiger partial charge in [-0.3, -0.25) is 0 Å². The maximum Gasteiger partial charge on any atom is 0.113 e. The lowest BCUT2D eigenvalue weighted by molar-refractivity contribution is 1.61. The van der Waals surface area contributed by atoms with E-state index in [1.807, 2.05) is 48.5 Å². The molecule has 0 saturated heterocycles. The fourth-order valence-electron chi connectivity index (χ4n) is 1.75. The molecule has 0 unspecified atom stereocenters. The van der Waals surface area contributed by atoms with E-state index in [0.29, 0.717) is 0 Å². The summed E-state index contributed by atoms with van der Waals surface area (Å²) in [6.07, 6.45) is 0. The third-order valence-electron chi connectivity index (χ3n) is 2.57. The summed E-state index contributed by atoms with van der Waals surface area (Å²) in [6, 6.07) is 18.2. The Kier molecular flexibility index (Phi) is 2.75. The molecule has 84 valence electrons. The van der Waals surface area contributed by atoms with Crippen molar-refractivity contribution >= 4 is 43.7 Å². The summed E-state index contributed by atoms with van der Waals surface area (Å²) in [5.74, 6) is 0. The van der Waals surface area contributed by atoms with Gasteiger partial charge in [0.1, 0.15) is 5.00 Å². The molecule has 1 heterocycles. The number of hydrogen-bond acceptors (Lipinski definition) is 2. The van der Waals surface area contributed by atoms with E-state index in [2.05, 4.69) is 11.4 Å². The first-order valence-corrected chi connectivity index (χ1v) is 6.53. The van der Waals surface area contributed by atoms with Gasteiger partial charge in [-0.05, 0) is 18.2 Å². The number of halogens is 1. The number of anilines is 2. The zero-order valence-electron chi connectivity index (χ0n) is 8.98. The molecule has 1 aromatic heterocycles. The Morgan fingerprint density at radius 3 is 2.35 bits per heavy atom. The molecule has 17 heavy (non-hydrogen) atoms. The predicted molar refractivity (Wildman–Crippen MR) is 76.6 cm³/mol. The third-order valence-corrected chi connectivity index (χ3v) is 4.16. The van der Waals surface area contributed by atoms with Crippen molar-refractivity contribution in [1.29, 1.82) is 0 Å². The van der Waals surface area contributed by atoms with Gasteiger partial charge in [0, 0.05) is 15.8 Å². The van der Waals surface area contributed by atoms with Crippen LogP contribution in [0.3, 0.4) is 0 Å². The molecule has 0 saturated carbocycles. The standard InChI is InChI=1S/C14H10ClNS/c15-13-11-8-4-5-9-12(11)17-14(13)16-10-6-2-1-3-7-10/h1-9,16H. The molecular weight excluding hydrogens is 250 g/mol. The molecule has 0 atom stereocenters. The van der Waals surface area contributed by atoms with Crippen molar-refractivity contribution in [3.8, 4) is 0 Å². The van der Waals surface area contributed by atoms with Gasteiger partial charge in [0.25, 0.3) is 0 Å². The Morgan fingerprint density at radius 2 is 1.59 bits per heavy atom. The van der Waals surface area contributed by atoms with Gasteiger partial charge >= 0.3 is 0 Å². The Morgan fingerprint density at radius 1 is 0.882 bits per heavy atom. The molecular formula is C14H10ClNS. The first-order chi connectivity index (χ1) is 8.34. The second-order valence-electron chi connectivity index (χ2n) is 3.73. The fourth-order valence-corrected chi connectivity index (χ4v) is 3.15. The number of nitrogens with one attached hydrogen (secondary N) is 1. The molecule has 1 N–H and O–H groups in total. The first-order valence-electron chi connectivity index (χ1n) is 5.34. The molecule has 2 aromatic carbocycles. The normalized spacial score (nSPS) is 10.6. The highest BCUT2D eigenvalue weighted by Gasteiger charge is 2.09. The maximum atomic E-state index is 6.35. The van der Waals surface area contributed by atoms with Crippen molar-refractivity contribution in [3.05, 3.63) is 59.6 Å². The van der Waals surface area contributed by atoms with Crippen LogP contribution >= 0.6 is 22.9 Å². The van der Waals surface area contributed by atoms with E-state index in [9.17, 15) is 0 Å². The minimum absolute atomic E-state index is 0.800. The van der Waals surface area contributed by atoms with Crippen molar-refractivity contribution in [1.82, 2.24) is 0 Å². The van der Waals surface area contributed by atoms with Gasteiger partial charge < -0.3 is 5.32 Å². The molecule has 0 bridgehead atoms. The molecule has 0 aliphatic heterocycles. The Labute approximate surface area is 109 Å².